The first-order valence-electron chi connectivity index (χ1n) is 11.6. The Hall–Kier alpha value is -2.57. The molecule has 0 bridgehead atoms. The predicted molar refractivity (Wildman–Crippen MR) is 135 cm³/mol. The zero-order chi connectivity index (χ0) is 24.7. The molecule has 6 nitrogen and oxygen atoms in total. The number of unbranched alkanes of at least 4 members (excludes halogenated alkanes) is 1. The van der Waals surface area contributed by atoms with Crippen molar-refractivity contribution >= 4 is 46.7 Å². The monoisotopic (exact) mass is 504 g/mol. The van der Waals surface area contributed by atoms with Crippen molar-refractivity contribution in [3.8, 4) is 0 Å². The molecule has 0 aliphatic heterocycles. The van der Waals surface area contributed by atoms with Gasteiger partial charge in [-0.25, -0.2) is 4.79 Å². The molecular formula is C26H30Cl2N2O4. The van der Waals surface area contributed by atoms with Gasteiger partial charge < -0.3 is 15.7 Å². The summed E-state index contributed by atoms with van der Waals surface area (Å²) in [6, 6.07) is 10.6. The quantitative estimate of drug-likeness (QED) is 0.363. The number of amides is 2. The molecule has 0 heterocycles. The van der Waals surface area contributed by atoms with E-state index in [-0.39, 0.29) is 27.9 Å². The van der Waals surface area contributed by atoms with Crippen LogP contribution in [0.3, 0.4) is 0 Å². The number of benzene rings is 2. The van der Waals surface area contributed by atoms with E-state index in [0.29, 0.717) is 5.69 Å². The molecule has 2 amide bonds. The van der Waals surface area contributed by atoms with Crippen molar-refractivity contribution in [3.63, 3.8) is 0 Å². The number of carboxylic acid groups (broad SMARTS) is 1. The topological polar surface area (TPSA) is 95.5 Å². The van der Waals surface area contributed by atoms with Crippen LogP contribution in [0.2, 0.25) is 10.0 Å². The molecule has 8 heteroatoms. The molecule has 1 atom stereocenters. The maximum absolute atomic E-state index is 13.1. The van der Waals surface area contributed by atoms with Crippen molar-refractivity contribution in [2.24, 2.45) is 5.41 Å². The average molecular weight is 505 g/mol. The highest BCUT2D eigenvalue weighted by Gasteiger charge is 2.41. The van der Waals surface area contributed by atoms with E-state index in [0.717, 1.165) is 50.5 Å². The van der Waals surface area contributed by atoms with Gasteiger partial charge in [-0.2, -0.15) is 0 Å². The Morgan fingerprint density at radius 2 is 1.65 bits per heavy atom. The van der Waals surface area contributed by atoms with Gasteiger partial charge in [0.1, 0.15) is 6.04 Å². The summed E-state index contributed by atoms with van der Waals surface area (Å²) in [6.45, 7) is 2.09. The van der Waals surface area contributed by atoms with Gasteiger partial charge in [0.05, 0.1) is 15.6 Å². The van der Waals surface area contributed by atoms with Gasteiger partial charge in [0.25, 0.3) is 5.91 Å². The maximum Gasteiger partial charge on any atom is 0.326 e. The number of carbonyl (C=O) groups is 3. The third-order valence-electron chi connectivity index (χ3n) is 6.50. The molecule has 0 saturated heterocycles. The van der Waals surface area contributed by atoms with Crippen molar-refractivity contribution in [1.29, 1.82) is 0 Å². The summed E-state index contributed by atoms with van der Waals surface area (Å²) in [6.07, 6.45) is 6.54. The number of halogens is 2. The predicted octanol–water partition coefficient (Wildman–Crippen LogP) is 6.11. The molecular weight excluding hydrogens is 475 g/mol. The number of carboxylic acids is 1. The lowest BCUT2D eigenvalue weighted by molar-refractivity contribution is -0.144. The van der Waals surface area contributed by atoms with Crippen LogP contribution in [0.15, 0.2) is 42.5 Å². The van der Waals surface area contributed by atoms with Gasteiger partial charge in [0.15, 0.2) is 0 Å². The molecule has 0 aromatic heterocycles. The second-order valence-corrected chi connectivity index (χ2v) is 9.72. The van der Waals surface area contributed by atoms with Crippen molar-refractivity contribution in [3.05, 3.63) is 63.6 Å². The molecule has 1 saturated carbocycles. The molecule has 0 radical (unpaired) electrons. The van der Waals surface area contributed by atoms with E-state index in [1.165, 1.54) is 0 Å². The summed E-state index contributed by atoms with van der Waals surface area (Å²) in [5, 5.41) is 15.8. The highest BCUT2D eigenvalue weighted by molar-refractivity contribution is 6.40. The first kappa shape index (κ1) is 26.0. The normalized spacial score (nSPS) is 15.5. The second-order valence-electron chi connectivity index (χ2n) is 8.91. The van der Waals surface area contributed by atoms with E-state index < -0.39 is 23.3 Å². The lowest BCUT2D eigenvalue weighted by Gasteiger charge is -2.29. The number of carbonyl (C=O) groups excluding carboxylic acids is 2. The number of hydrogen-bond donors (Lipinski definition) is 3. The van der Waals surface area contributed by atoms with E-state index >= 15 is 0 Å². The van der Waals surface area contributed by atoms with Crippen LogP contribution < -0.4 is 10.6 Å². The molecule has 1 aliphatic rings. The third kappa shape index (κ3) is 6.30. The summed E-state index contributed by atoms with van der Waals surface area (Å²) in [5.41, 5.74) is 0.991. The van der Waals surface area contributed by atoms with Crippen LogP contribution in [-0.4, -0.2) is 28.9 Å². The number of hydrogen-bond acceptors (Lipinski definition) is 3. The van der Waals surface area contributed by atoms with Crippen LogP contribution in [0.25, 0.3) is 0 Å². The maximum atomic E-state index is 13.1. The van der Waals surface area contributed by atoms with E-state index in [2.05, 4.69) is 17.6 Å². The van der Waals surface area contributed by atoms with Gasteiger partial charge in [0, 0.05) is 17.5 Å². The molecule has 0 unspecified atom stereocenters. The highest BCUT2D eigenvalue weighted by atomic mass is 35.5. The fraction of sp³-hybridized carbons (Fsp3) is 0.423. The lowest BCUT2D eigenvalue weighted by Crippen LogP contribution is -2.48. The smallest absolute Gasteiger partial charge is 0.326 e. The minimum absolute atomic E-state index is 0.147. The largest absolute Gasteiger partial charge is 0.480 e. The fourth-order valence-corrected chi connectivity index (χ4v) is 5.11. The standard InChI is InChI=1S/C26H30Cl2N2O4/c1-2-3-13-26(14-4-5-15-26)25(34)30-21(24(32)33)16-17-9-11-18(12-10-17)29-23(31)22-19(27)7-6-8-20(22)28/h6-12,21H,2-5,13-16H2,1H3,(H,29,31)(H,30,34)(H,32,33)/t21-/m0/s1. The summed E-state index contributed by atoms with van der Waals surface area (Å²) in [4.78, 5) is 37.6. The van der Waals surface area contributed by atoms with Gasteiger partial charge in [-0.1, -0.05) is 74.0 Å². The second kappa shape index (κ2) is 11.7. The number of aliphatic carboxylic acids is 1. The van der Waals surface area contributed by atoms with Crippen molar-refractivity contribution in [2.45, 2.75) is 64.3 Å². The molecule has 182 valence electrons. The molecule has 2 aromatic rings. The number of rotatable bonds is 10. The molecule has 34 heavy (non-hydrogen) atoms. The summed E-state index contributed by atoms with van der Waals surface area (Å²) in [7, 11) is 0. The highest BCUT2D eigenvalue weighted by Crippen LogP contribution is 2.42. The summed E-state index contributed by atoms with van der Waals surface area (Å²) >= 11 is 12.2. The van der Waals surface area contributed by atoms with Crippen molar-refractivity contribution < 1.29 is 19.5 Å². The molecule has 1 fully saturated rings. The van der Waals surface area contributed by atoms with Crippen LogP contribution in [0.1, 0.15) is 67.8 Å². The van der Waals surface area contributed by atoms with Crippen LogP contribution in [0, 0.1) is 5.41 Å². The first-order chi connectivity index (χ1) is 16.3. The van der Waals surface area contributed by atoms with Crippen LogP contribution in [0.4, 0.5) is 5.69 Å². The van der Waals surface area contributed by atoms with Gasteiger partial charge >= 0.3 is 5.97 Å². The number of anilines is 1. The third-order valence-corrected chi connectivity index (χ3v) is 7.13. The van der Waals surface area contributed by atoms with Gasteiger partial charge in [-0.15, -0.1) is 0 Å². The average Bonchev–Trinajstić information content (AvgIpc) is 3.28. The molecule has 1 aliphatic carbocycles. The summed E-state index contributed by atoms with van der Waals surface area (Å²) < 4.78 is 0. The minimum Gasteiger partial charge on any atom is -0.480 e. The minimum atomic E-state index is -1.07. The van der Waals surface area contributed by atoms with E-state index in [1.807, 2.05) is 0 Å². The Morgan fingerprint density at radius 1 is 1.03 bits per heavy atom. The zero-order valence-electron chi connectivity index (χ0n) is 19.2. The fourth-order valence-electron chi connectivity index (χ4n) is 4.54. The Labute approximate surface area is 210 Å². The van der Waals surface area contributed by atoms with E-state index in [4.69, 9.17) is 23.2 Å². The van der Waals surface area contributed by atoms with Crippen molar-refractivity contribution in [2.75, 3.05) is 5.32 Å². The van der Waals surface area contributed by atoms with Crippen LogP contribution in [-0.2, 0) is 16.0 Å². The van der Waals surface area contributed by atoms with Crippen LogP contribution >= 0.6 is 23.2 Å². The molecule has 2 aromatic carbocycles. The van der Waals surface area contributed by atoms with Gasteiger partial charge in [0.2, 0.25) is 5.91 Å². The summed E-state index contributed by atoms with van der Waals surface area (Å²) in [5.74, 6) is -1.65. The lowest BCUT2D eigenvalue weighted by atomic mass is 9.80. The molecule has 3 N–H and O–H groups in total. The Morgan fingerprint density at radius 3 is 2.21 bits per heavy atom. The SMILES string of the molecule is CCCCC1(C(=O)N[C@@H](Cc2ccc(NC(=O)c3c(Cl)cccc3Cl)cc2)C(=O)O)CCCC1. The number of nitrogens with one attached hydrogen (secondary N) is 2. The van der Waals surface area contributed by atoms with Crippen LogP contribution in [0.5, 0.6) is 0 Å². The van der Waals surface area contributed by atoms with Gasteiger partial charge in [-0.05, 0) is 49.1 Å². The molecule has 0 spiro atoms. The zero-order valence-corrected chi connectivity index (χ0v) is 20.7. The van der Waals surface area contributed by atoms with Crippen molar-refractivity contribution in [1.82, 2.24) is 5.32 Å². The Balaban J connectivity index is 1.65. The van der Waals surface area contributed by atoms with E-state index in [9.17, 15) is 19.5 Å². The Kier molecular flexibility index (Phi) is 8.97. The molecule has 3 rings (SSSR count). The van der Waals surface area contributed by atoms with Gasteiger partial charge in [-0.3, -0.25) is 9.59 Å². The first-order valence-corrected chi connectivity index (χ1v) is 12.4. The van der Waals surface area contributed by atoms with E-state index in [1.54, 1.807) is 42.5 Å². The Bertz CT molecular complexity index is 1010.